The molecule has 0 radical (unpaired) electrons. The monoisotopic (exact) mass is 542 g/mol. The molecular weight excluding hydrogens is 516 g/mol. The summed E-state index contributed by atoms with van der Waals surface area (Å²) in [6.07, 6.45) is 2.21. The number of carbonyl (C=O) groups is 2. The second-order valence-electron chi connectivity index (χ2n) is 9.22. The number of sulfonamides is 1. The number of amides is 2. The van der Waals surface area contributed by atoms with E-state index in [0.29, 0.717) is 35.6 Å². The summed E-state index contributed by atoms with van der Waals surface area (Å²) in [5.41, 5.74) is 0. The van der Waals surface area contributed by atoms with E-state index in [1.807, 2.05) is 11.0 Å². The minimum atomic E-state index is -3.87. The lowest BCUT2D eigenvalue weighted by Gasteiger charge is -2.42. The normalized spacial score (nSPS) is 25.6. The fourth-order valence-corrected chi connectivity index (χ4v) is 8.75. The molecule has 12 heteroatoms. The van der Waals surface area contributed by atoms with Gasteiger partial charge in [0.05, 0.1) is 10.9 Å². The Morgan fingerprint density at radius 3 is 2.53 bits per heavy atom. The third-order valence-corrected chi connectivity index (χ3v) is 11.1. The number of hydrogen-bond acceptors (Lipinski definition) is 7. The first-order valence-electron chi connectivity index (χ1n) is 11.4. The highest BCUT2D eigenvalue weighted by atomic mass is 35.5. The van der Waals surface area contributed by atoms with Gasteiger partial charge in [-0.2, -0.15) is 4.72 Å². The molecule has 3 fully saturated rings. The summed E-state index contributed by atoms with van der Waals surface area (Å²) in [6.45, 7) is 3.76. The molecule has 0 aromatic carbocycles. The van der Waals surface area contributed by atoms with E-state index in [2.05, 4.69) is 10.0 Å². The zero-order valence-corrected chi connectivity index (χ0v) is 21.7. The zero-order chi connectivity index (χ0) is 23.9. The largest absolute Gasteiger partial charge is 0.341 e. The number of carbonyl (C=O) groups excluding carboxylic acids is 2. The van der Waals surface area contributed by atoms with Gasteiger partial charge < -0.3 is 15.1 Å². The second kappa shape index (κ2) is 9.87. The number of nitrogens with zero attached hydrogens (tertiary/aromatic N) is 2. The maximum Gasteiger partial charge on any atom is 0.250 e. The summed E-state index contributed by atoms with van der Waals surface area (Å²) in [7, 11) is -3.87. The summed E-state index contributed by atoms with van der Waals surface area (Å²) >= 11 is 8.53. The van der Waals surface area contributed by atoms with Gasteiger partial charge >= 0.3 is 0 Å². The van der Waals surface area contributed by atoms with Gasteiger partial charge in [-0.05, 0) is 68.5 Å². The van der Waals surface area contributed by atoms with Gasteiger partial charge in [0.1, 0.15) is 10.3 Å². The molecular formula is C22H27ClN4O4S3. The van der Waals surface area contributed by atoms with Gasteiger partial charge in [0.15, 0.2) is 0 Å². The molecule has 3 unspecified atom stereocenters. The molecule has 2 N–H and O–H groups in total. The molecule has 2 aromatic heterocycles. The van der Waals surface area contributed by atoms with E-state index >= 15 is 0 Å². The van der Waals surface area contributed by atoms with Crippen molar-refractivity contribution in [3.63, 3.8) is 0 Å². The van der Waals surface area contributed by atoms with E-state index in [1.54, 1.807) is 18.2 Å². The first-order valence-corrected chi connectivity index (χ1v) is 14.9. The van der Waals surface area contributed by atoms with Crippen LogP contribution in [-0.2, 0) is 19.6 Å². The van der Waals surface area contributed by atoms with Gasteiger partial charge in [-0.1, -0.05) is 11.6 Å². The van der Waals surface area contributed by atoms with Crippen molar-refractivity contribution in [3.05, 3.63) is 28.6 Å². The zero-order valence-electron chi connectivity index (χ0n) is 18.5. The number of halogens is 1. The lowest BCUT2D eigenvalue weighted by Crippen LogP contribution is -2.57. The number of rotatable bonds is 6. The maximum absolute atomic E-state index is 13.1. The molecule has 0 saturated carbocycles. The Kier molecular flexibility index (Phi) is 7.02. The lowest BCUT2D eigenvalue weighted by molar-refractivity contribution is -0.144. The number of thiophene rings is 2. The third-order valence-electron chi connectivity index (χ3n) is 6.66. The number of hydrogen-bond donors (Lipinski definition) is 2. The predicted molar refractivity (Wildman–Crippen MR) is 134 cm³/mol. The van der Waals surface area contributed by atoms with Crippen LogP contribution >= 0.6 is 34.3 Å². The molecule has 0 spiro atoms. The van der Waals surface area contributed by atoms with Crippen molar-refractivity contribution in [1.82, 2.24) is 19.8 Å². The van der Waals surface area contributed by atoms with E-state index in [4.69, 9.17) is 11.6 Å². The third kappa shape index (κ3) is 5.19. The summed E-state index contributed by atoms with van der Waals surface area (Å²) in [5, 5.41) is 3.42. The van der Waals surface area contributed by atoms with Crippen molar-refractivity contribution in [1.29, 1.82) is 0 Å². The summed E-state index contributed by atoms with van der Waals surface area (Å²) in [4.78, 5) is 31.1. The molecule has 34 heavy (non-hydrogen) atoms. The molecule has 3 saturated heterocycles. The van der Waals surface area contributed by atoms with Crippen LogP contribution in [-0.4, -0.2) is 75.3 Å². The Balaban J connectivity index is 1.22. The van der Waals surface area contributed by atoms with Crippen molar-refractivity contribution in [2.24, 2.45) is 11.8 Å². The predicted octanol–water partition coefficient (Wildman–Crippen LogP) is 2.47. The van der Waals surface area contributed by atoms with Gasteiger partial charge in [-0.25, -0.2) is 8.42 Å². The quantitative estimate of drug-likeness (QED) is 0.584. The van der Waals surface area contributed by atoms with Crippen LogP contribution in [0.25, 0.3) is 9.75 Å². The average Bonchev–Trinajstić information content (AvgIpc) is 3.46. The van der Waals surface area contributed by atoms with E-state index in [9.17, 15) is 18.0 Å². The first kappa shape index (κ1) is 24.2. The van der Waals surface area contributed by atoms with Crippen LogP contribution in [0.1, 0.15) is 19.3 Å². The molecule has 3 aliphatic rings. The minimum absolute atomic E-state index is 0.00617. The smallest absolute Gasteiger partial charge is 0.250 e. The van der Waals surface area contributed by atoms with E-state index in [1.165, 1.54) is 16.2 Å². The standard InChI is InChI=1S/C22H27ClN4O4S3/c23-19-5-3-17(32-19)18-4-6-21(33-18)34(30,31)25-16-2-1-7-26(22(16)29)13-20(28)27-11-14-8-15(12-27)10-24-9-14/h3-6,14-16,24-25H,1-2,7-13H2. The van der Waals surface area contributed by atoms with Gasteiger partial charge in [-0.3, -0.25) is 9.59 Å². The fourth-order valence-electron chi connectivity index (χ4n) is 5.07. The Labute approximate surface area is 212 Å². The molecule has 8 nitrogen and oxygen atoms in total. The van der Waals surface area contributed by atoms with Crippen LogP contribution in [0.2, 0.25) is 4.34 Å². The van der Waals surface area contributed by atoms with Gasteiger partial charge in [0.2, 0.25) is 11.8 Å². The van der Waals surface area contributed by atoms with Gasteiger partial charge in [0.25, 0.3) is 10.0 Å². The molecule has 2 amide bonds. The van der Waals surface area contributed by atoms with Crippen molar-refractivity contribution in [3.8, 4) is 9.75 Å². The van der Waals surface area contributed by atoms with Gasteiger partial charge in [0, 0.05) is 29.4 Å². The molecule has 3 aliphatic heterocycles. The van der Waals surface area contributed by atoms with Gasteiger partial charge in [-0.15, -0.1) is 22.7 Å². The van der Waals surface area contributed by atoms with Crippen LogP contribution in [0.5, 0.6) is 0 Å². The van der Waals surface area contributed by atoms with Crippen LogP contribution in [0.3, 0.4) is 0 Å². The maximum atomic E-state index is 13.1. The number of piperidine rings is 3. The van der Waals surface area contributed by atoms with Crippen molar-refractivity contribution in [2.45, 2.75) is 29.5 Å². The SMILES string of the molecule is O=C(CN1CCCC(NS(=O)(=O)c2ccc(-c3ccc(Cl)s3)s2)C1=O)N1CC2CNCC(C2)C1. The highest BCUT2D eigenvalue weighted by Gasteiger charge is 2.37. The van der Waals surface area contributed by atoms with Crippen LogP contribution in [0, 0.1) is 11.8 Å². The highest BCUT2D eigenvalue weighted by Crippen LogP contribution is 2.37. The molecule has 184 valence electrons. The highest BCUT2D eigenvalue weighted by molar-refractivity contribution is 7.91. The molecule has 5 rings (SSSR count). The van der Waals surface area contributed by atoms with E-state index in [-0.39, 0.29) is 22.6 Å². The molecule has 0 aliphatic carbocycles. The Hall–Kier alpha value is -1.50. The first-order chi connectivity index (χ1) is 16.3. The number of nitrogens with one attached hydrogen (secondary N) is 2. The number of likely N-dealkylation sites (tertiary alicyclic amines) is 2. The number of fused-ring (bicyclic) bond motifs is 2. The molecule has 2 bridgehead atoms. The second-order valence-corrected chi connectivity index (χ2v) is 14.0. The van der Waals surface area contributed by atoms with Crippen molar-refractivity contribution in [2.75, 3.05) is 39.3 Å². The van der Waals surface area contributed by atoms with E-state index < -0.39 is 16.1 Å². The summed E-state index contributed by atoms with van der Waals surface area (Å²) < 4.78 is 29.4. The topological polar surface area (TPSA) is 98.8 Å². The van der Waals surface area contributed by atoms with Crippen molar-refractivity contribution >= 4 is 56.1 Å². The average molecular weight is 543 g/mol. The summed E-state index contributed by atoms with van der Waals surface area (Å²) in [5.74, 6) is 0.553. The van der Waals surface area contributed by atoms with Crippen molar-refractivity contribution < 1.29 is 18.0 Å². The molecule has 5 heterocycles. The Bertz CT molecular complexity index is 1170. The van der Waals surface area contributed by atoms with Crippen LogP contribution in [0.4, 0.5) is 0 Å². The minimum Gasteiger partial charge on any atom is -0.341 e. The lowest BCUT2D eigenvalue weighted by atomic mass is 9.86. The Morgan fingerprint density at radius 1 is 1.12 bits per heavy atom. The van der Waals surface area contributed by atoms with E-state index in [0.717, 1.165) is 53.7 Å². The Morgan fingerprint density at radius 2 is 1.82 bits per heavy atom. The molecule has 3 atom stereocenters. The molecule has 2 aromatic rings. The summed E-state index contributed by atoms with van der Waals surface area (Å²) in [6, 6.07) is 6.06. The van der Waals surface area contributed by atoms with Crippen LogP contribution in [0.15, 0.2) is 28.5 Å². The fraction of sp³-hybridized carbons (Fsp3) is 0.545. The van der Waals surface area contributed by atoms with Crippen LogP contribution < -0.4 is 10.0 Å².